The maximum Gasteiger partial charge on any atom is 0.320 e. The Hall–Kier alpha value is -1.44. The Labute approximate surface area is 113 Å². The highest BCUT2D eigenvalue weighted by Crippen LogP contribution is 2.12. The van der Waals surface area contributed by atoms with Crippen LogP contribution in [0.2, 0.25) is 0 Å². The van der Waals surface area contributed by atoms with Crippen molar-refractivity contribution in [2.24, 2.45) is 17.2 Å². The van der Waals surface area contributed by atoms with Crippen molar-refractivity contribution in [3.8, 4) is 0 Å². The predicted octanol–water partition coefficient (Wildman–Crippen LogP) is -0.726. The van der Waals surface area contributed by atoms with Gasteiger partial charge in [0, 0.05) is 19.0 Å². The van der Waals surface area contributed by atoms with E-state index in [1.165, 1.54) is 6.20 Å². The minimum absolute atomic E-state index is 0.0389. The summed E-state index contributed by atoms with van der Waals surface area (Å²) in [6.07, 6.45) is 6.27. The number of Topliss-reactive ketones (excluding diaryl/α,β-unsaturated/α-hetero) is 1. The molecule has 1 aliphatic rings. The number of nitrogens with two attached hydrogens (primary N) is 3. The molecule has 2 unspecified atom stereocenters. The number of hydrogen-bond donors (Lipinski definition) is 5. The summed E-state index contributed by atoms with van der Waals surface area (Å²) in [4.78, 5) is 23.0. The third-order valence-corrected chi connectivity index (χ3v) is 3.04. The first-order chi connectivity index (χ1) is 8.97. The Balaban J connectivity index is 2.38. The van der Waals surface area contributed by atoms with Gasteiger partial charge in [-0.25, -0.2) is 4.79 Å². The normalized spacial score (nSPS) is 23.6. The maximum absolute atomic E-state index is 11.8. The summed E-state index contributed by atoms with van der Waals surface area (Å²) >= 11 is 0. The summed E-state index contributed by atoms with van der Waals surface area (Å²) in [6, 6.07) is -1.07. The number of hydrogen-bond acceptors (Lipinski definition) is 5. The summed E-state index contributed by atoms with van der Waals surface area (Å²) < 4.78 is 0. The Morgan fingerprint density at radius 1 is 1.37 bits per heavy atom. The lowest BCUT2D eigenvalue weighted by Gasteiger charge is -2.32. The van der Waals surface area contributed by atoms with Crippen LogP contribution < -0.4 is 27.8 Å². The summed E-state index contributed by atoms with van der Waals surface area (Å²) in [6.45, 7) is 0.635. The molecule has 0 aromatic heterocycles. The minimum atomic E-state index is -1.06. The Bertz CT molecular complexity index is 358. The minimum Gasteiger partial charge on any atom is -0.330 e. The molecule has 2 atom stereocenters. The largest absolute Gasteiger partial charge is 0.330 e. The molecule has 1 rings (SSSR count). The molecule has 0 fully saturated rings. The maximum atomic E-state index is 11.8. The lowest BCUT2D eigenvalue weighted by molar-refractivity contribution is -0.120. The van der Waals surface area contributed by atoms with Crippen LogP contribution in [-0.4, -0.2) is 30.1 Å². The molecule has 2 amide bonds. The number of rotatable bonds is 8. The molecule has 1 aliphatic heterocycles. The van der Waals surface area contributed by atoms with Crippen molar-refractivity contribution >= 4 is 11.8 Å². The molecule has 0 radical (unpaired) electrons. The van der Waals surface area contributed by atoms with Gasteiger partial charge in [-0.3, -0.25) is 4.79 Å². The third kappa shape index (κ3) is 5.37. The van der Waals surface area contributed by atoms with Gasteiger partial charge in [-0.05, 0) is 25.5 Å². The zero-order valence-corrected chi connectivity index (χ0v) is 11.0. The molecular weight excluding hydrogens is 246 g/mol. The quantitative estimate of drug-likeness (QED) is 0.370. The SMILES string of the molecule is NCCCCCC(=O)C(N)CC1(N)C=CNC(=O)N1. The van der Waals surface area contributed by atoms with Crippen LogP contribution in [0.3, 0.4) is 0 Å². The zero-order valence-electron chi connectivity index (χ0n) is 11.0. The first-order valence-corrected chi connectivity index (χ1v) is 6.50. The second-order valence-electron chi connectivity index (χ2n) is 4.85. The van der Waals surface area contributed by atoms with Crippen LogP contribution in [0.25, 0.3) is 0 Å². The molecule has 0 saturated carbocycles. The lowest BCUT2D eigenvalue weighted by atomic mass is 9.95. The van der Waals surface area contributed by atoms with Crippen molar-refractivity contribution < 1.29 is 9.59 Å². The van der Waals surface area contributed by atoms with E-state index < -0.39 is 17.7 Å². The van der Waals surface area contributed by atoms with Crippen molar-refractivity contribution in [1.29, 1.82) is 0 Å². The summed E-state index contributed by atoms with van der Waals surface area (Å²) in [7, 11) is 0. The lowest BCUT2D eigenvalue weighted by Crippen LogP contribution is -2.61. The molecule has 108 valence electrons. The van der Waals surface area contributed by atoms with Gasteiger partial charge >= 0.3 is 6.03 Å². The molecule has 0 saturated heterocycles. The topological polar surface area (TPSA) is 136 Å². The van der Waals surface area contributed by atoms with E-state index >= 15 is 0 Å². The summed E-state index contributed by atoms with van der Waals surface area (Å²) in [5.41, 5.74) is 16.1. The standard InChI is InChI=1S/C12H23N5O2/c13-6-3-1-2-4-10(18)9(14)8-12(15)5-7-16-11(19)17-12/h5,7,9H,1-4,6,8,13-15H2,(H2,16,17,19). The average Bonchev–Trinajstić information content (AvgIpc) is 2.33. The van der Waals surface area contributed by atoms with E-state index in [4.69, 9.17) is 17.2 Å². The number of ketones is 1. The van der Waals surface area contributed by atoms with Gasteiger partial charge in [0.25, 0.3) is 0 Å². The summed E-state index contributed by atoms with van der Waals surface area (Å²) in [5.74, 6) is -0.0389. The first kappa shape index (κ1) is 15.6. The molecule has 8 N–H and O–H groups in total. The van der Waals surface area contributed by atoms with E-state index in [2.05, 4.69) is 10.6 Å². The zero-order chi connectivity index (χ0) is 14.3. The van der Waals surface area contributed by atoms with Crippen LogP contribution in [0.5, 0.6) is 0 Å². The Kier molecular flexibility index (Phi) is 5.94. The number of urea groups is 1. The molecule has 1 heterocycles. The van der Waals surface area contributed by atoms with Gasteiger partial charge < -0.3 is 27.8 Å². The average molecular weight is 269 g/mol. The second kappa shape index (κ2) is 7.22. The van der Waals surface area contributed by atoms with Gasteiger partial charge in [0.2, 0.25) is 0 Å². The molecule has 7 nitrogen and oxygen atoms in total. The molecule has 0 bridgehead atoms. The number of unbranched alkanes of at least 4 members (excludes halogenated alkanes) is 2. The van der Waals surface area contributed by atoms with Crippen LogP contribution >= 0.6 is 0 Å². The highest BCUT2D eigenvalue weighted by atomic mass is 16.2. The van der Waals surface area contributed by atoms with Crippen LogP contribution in [0.15, 0.2) is 12.3 Å². The molecule has 19 heavy (non-hydrogen) atoms. The highest BCUT2D eigenvalue weighted by Gasteiger charge is 2.31. The van der Waals surface area contributed by atoms with Crippen LogP contribution in [-0.2, 0) is 4.79 Å². The molecule has 0 aliphatic carbocycles. The van der Waals surface area contributed by atoms with E-state index in [1.807, 2.05) is 0 Å². The van der Waals surface area contributed by atoms with Gasteiger partial charge in [0.15, 0.2) is 0 Å². The van der Waals surface area contributed by atoms with Gasteiger partial charge in [0.05, 0.1) is 6.04 Å². The highest BCUT2D eigenvalue weighted by molar-refractivity contribution is 5.84. The van der Waals surface area contributed by atoms with Gasteiger partial charge in [-0.2, -0.15) is 0 Å². The smallest absolute Gasteiger partial charge is 0.320 e. The first-order valence-electron chi connectivity index (χ1n) is 6.50. The van der Waals surface area contributed by atoms with Crippen molar-refractivity contribution in [1.82, 2.24) is 10.6 Å². The van der Waals surface area contributed by atoms with E-state index in [9.17, 15) is 9.59 Å². The van der Waals surface area contributed by atoms with Crippen LogP contribution in [0.1, 0.15) is 32.1 Å². The molecule has 0 aromatic rings. The van der Waals surface area contributed by atoms with Gasteiger partial charge in [0.1, 0.15) is 11.4 Å². The fourth-order valence-electron chi connectivity index (χ4n) is 1.96. The molecule has 7 heteroatoms. The van der Waals surface area contributed by atoms with Crippen molar-refractivity contribution in [2.45, 2.75) is 43.8 Å². The second-order valence-corrected chi connectivity index (χ2v) is 4.85. The monoisotopic (exact) mass is 269 g/mol. The van der Waals surface area contributed by atoms with Crippen LogP contribution in [0, 0.1) is 0 Å². The number of amides is 2. The van der Waals surface area contributed by atoms with Crippen molar-refractivity contribution in [3.63, 3.8) is 0 Å². The fraction of sp³-hybridized carbons (Fsp3) is 0.667. The third-order valence-electron chi connectivity index (χ3n) is 3.04. The number of carbonyl (C=O) groups is 2. The predicted molar refractivity (Wildman–Crippen MR) is 72.8 cm³/mol. The van der Waals surface area contributed by atoms with E-state index in [1.54, 1.807) is 6.08 Å². The van der Waals surface area contributed by atoms with Crippen LogP contribution in [0.4, 0.5) is 4.79 Å². The Morgan fingerprint density at radius 3 is 2.74 bits per heavy atom. The van der Waals surface area contributed by atoms with Crippen molar-refractivity contribution in [2.75, 3.05) is 6.54 Å². The number of carbonyl (C=O) groups excluding carboxylic acids is 2. The number of nitrogens with one attached hydrogen (secondary N) is 2. The Morgan fingerprint density at radius 2 is 2.11 bits per heavy atom. The van der Waals surface area contributed by atoms with E-state index in [0.717, 1.165) is 19.3 Å². The van der Waals surface area contributed by atoms with E-state index in [-0.39, 0.29) is 12.2 Å². The molecule has 0 spiro atoms. The fourth-order valence-corrected chi connectivity index (χ4v) is 1.96. The molecule has 0 aromatic carbocycles. The van der Waals surface area contributed by atoms with Crippen molar-refractivity contribution in [3.05, 3.63) is 12.3 Å². The van der Waals surface area contributed by atoms with Gasteiger partial charge in [-0.15, -0.1) is 0 Å². The molecular formula is C12H23N5O2. The van der Waals surface area contributed by atoms with E-state index in [0.29, 0.717) is 13.0 Å². The summed E-state index contributed by atoms with van der Waals surface area (Å²) in [5, 5.41) is 4.99. The van der Waals surface area contributed by atoms with Gasteiger partial charge in [-0.1, -0.05) is 6.42 Å².